The topological polar surface area (TPSA) is 79.3 Å². The molecule has 21 heavy (non-hydrogen) atoms. The van der Waals surface area contributed by atoms with E-state index in [1.54, 1.807) is 13.1 Å². The molecule has 1 aromatic heterocycles. The number of carbonyl (C=O) groups excluding carboxylic acids is 1. The summed E-state index contributed by atoms with van der Waals surface area (Å²) in [5, 5.41) is 12.2. The first-order chi connectivity index (χ1) is 10.1. The van der Waals surface area contributed by atoms with E-state index in [0.29, 0.717) is 11.4 Å². The Morgan fingerprint density at radius 2 is 2.05 bits per heavy atom. The lowest BCUT2D eigenvalue weighted by Crippen LogP contribution is -2.28. The molecule has 0 bridgehead atoms. The first-order valence-corrected chi connectivity index (χ1v) is 7.39. The third kappa shape index (κ3) is 4.39. The maximum Gasteiger partial charge on any atom is 0.303 e. The van der Waals surface area contributed by atoms with Crippen LogP contribution in [-0.4, -0.2) is 28.5 Å². The number of amides is 1. The molecule has 1 unspecified atom stereocenters. The molecule has 1 atom stereocenters. The largest absolute Gasteiger partial charge is 0.481 e. The standard InChI is InChI=1S/C15H16N2O3S/c1-10(7-13(18)19)8-16-14(20)12-9-17-15(21-12)11-5-3-2-4-6-11/h2-6,9-10H,7-8H2,1H3,(H,16,20)(H,18,19). The quantitative estimate of drug-likeness (QED) is 0.860. The van der Waals surface area contributed by atoms with E-state index in [1.807, 2.05) is 30.3 Å². The van der Waals surface area contributed by atoms with Crippen molar-refractivity contribution < 1.29 is 14.7 Å². The third-order valence-corrected chi connectivity index (χ3v) is 3.93. The van der Waals surface area contributed by atoms with Crippen LogP contribution in [0.4, 0.5) is 0 Å². The summed E-state index contributed by atoms with van der Waals surface area (Å²) in [6.45, 7) is 2.13. The van der Waals surface area contributed by atoms with Gasteiger partial charge < -0.3 is 10.4 Å². The van der Waals surface area contributed by atoms with Gasteiger partial charge in [-0.3, -0.25) is 9.59 Å². The molecule has 1 heterocycles. The minimum absolute atomic E-state index is 0.0399. The number of carboxylic acids is 1. The van der Waals surface area contributed by atoms with Gasteiger partial charge >= 0.3 is 5.97 Å². The van der Waals surface area contributed by atoms with E-state index in [4.69, 9.17) is 5.11 Å². The molecule has 0 radical (unpaired) electrons. The fraction of sp³-hybridized carbons (Fsp3) is 0.267. The fourth-order valence-electron chi connectivity index (χ4n) is 1.82. The van der Waals surface area contributed by atoms with Gasteiger partial charge in [0.25, 0.3) is 5.91 Å². The number of aliphatic carboxylic acids is 1. The molecule has 1 aromatic carbocycles. The van der Waals surface area contributed by atoms with Crippen LogP contribution >= 0.6 is 11.3 Å². The molecule has 0 aliphatic heterocycles. The molecule has 5 nitrogen and oxygen atoms in total. The summed E-state index contributed by atoms with van der Waals surface area (Å²) in [4.78, 5) is 27.3. The molecule has 0 spiro atoms. The lowest BCUT2D eigenvalue weighted by molar-refractivity contribution is -0.137. The molecule has 2 aromatic rings. The molecule has 0 saturated heterocycles. The van der Waals surface area contributed by atoms with Gasteiger partial charge in [0, 0.05) is 18.5 Å². The Kier molecular flexibility index (Phi) is 5.05. The van der Waals surface area contributed by atoms with E-state index in [1.165, 1.54) is 11.3 Å². The van der Waals surface area contributed by atoms with Crippen LogP contribution in [0.2, 0.25) is 0 Å². The molecular weight excluding hydrogens is 288 g/mol. The molecule has 110 valence electrons. The van der Waals surface area contributed by atoms with Crippen molar-refractivity contribution in [3.8, 4) is 10.6 Å². The van der Waals surface area contributed by atoms with Crippen molar-refractivity contribution in [3.63, 3.8) is 0 Å². The summed E-state index contributed by atoms with van der Waals surface area (Å²) in [6.07, 6.45) is 1.59. The van der Waals surface area contributed by atoms with Gasteiger partial charge in [-0.25, -0.2) is 4.98 Å². The van der Waals surface area contributed by atoms with E-state index >= 15 is 0 Å². The van der Waals surface area contributed by atoms with Crippen LogP contribution in [-0.2, 0) is 4.79 Å². The van der Waals surface area contributed by atoms with Crippen molar-refractivity contribution in [1.29, 1.82) is 0 Å². The Hall–Kier alpha value is -2.21. The third-order valence-electron chi connectivity index (χ3n) is 2.88. The van der Waals surface area contributed by atoms with E-state index in [2.05, 4.69) is 10.3 Å². The molecule has 6 heteroatoms. The maximum atomic E-state index is 12.0. The Morgan fingerprint density at radius 1 is 1.33 bits per heavy atom. The zero-order chi connectivity index (χ0) is 15.2. The molecule has 1 amide bonds. The van der Waals surface area contributed by atoms with Gasteiger partial charge in [0.1, 0.15) is 9.88 Å². The Morgan fingerprint density at radius 3 is 2.71 bits per heavy atom. The number of carbonyl (C=O) groups is 2. The minimum Gasteiger partial charge on any atom is -0.481 e. The second kappa shape index (κ2) is 6.99. The number of thiazole rings is 1. The van der Waals surface area contributed by atoms with Gasteiger partial charge in [-0.2, -0.15) is 0 Å². The summed E-state index contributed by atoms with van der Waals surface area (Å²) in [7, 11) is 0. The number of benzene rings is 1. The smallest absolute Gasteiger partial charge is 0.303 e. The highest BCUT2D eigenvalue weighted by Gasteiger charge is 2.13. The number of nitrogens with one attached hydrogen (secondary N) is 1. The molecule has 2 N–H and O–H groups in total. The molecule has 0 aliphatic rings. The molecular formula is C15H16N2O3S. The van der Waals surface area contributed by atoms with Crippen molar-refractivity contribution in [1.82, 2.24) is 10.3 Å². The Bertz CT molecular complexity index is 625. The van der Waals surface area contributed by atoms with E-state index < -0.39 is 5.97 Å². The number of rotatable bonds is 6. The van der Waals surface area contributed by atoms with Gasteiger partial charge in [-0.15, -0.1) is 11.3 Å². The van der Waals surface area contributed by atoms with Crippen LogP contribution in [0.1, 0.15) is 23.0 Å². The van der Waals surface area contributed by atoms with E-state index in [-0.39, 0.29) is 18.2 Å². The van der Waals surface area contributed by atoms with Gasteiger partial charge in [0.15, 0.2) is 0 Å². The van der Waals surface area contributed by atoms with Crippen molar-refractivity contribution in [2.24, 2.45) is 5.92 Å². The van der Waals surface area contributed by atoms with Crippen molar-refractivity contribution >= 4 is 23.2 Å². The highest BCUT2D eigenvalue weighted by atomic mass is 32.1. The van der Waals surface area contributed by atoms with Crippen LogP contribution in [0.15, 0.2) is 36.5 Å². The average Bonchev–Trinajstić information content (AvgIpc) is 2.95. The zero-order valence-electron chi connectivity index (χ0n) is 11.6. The van der Waals surface area contributed by atoms with Crippen LogP contribution in [0.25, 0.3) is 10.6 Å². The summed E-state index contributed by atoms with van der Waals surface area (Å²) >= 11 is 1.32. The molecule has 0 fully saturated rings. The van der Waals surface area contributed by atoms with Gasteiger partial charge in [0.05, 0.1) is 6.20 Å². The molecule has 2 rings (SSSR count). The first-order valence-electron chi connectivity index (χ1n) is 6.57. The second-order valence-corrected chi connectivity index (χ2v) is 5.84. The Labute approximate surface area is 126 Å². The number of carboxylic acid groups (broad SMARTS) is 1. The fourth-order valence-corrected chi connectivity index (χ4v) is 2.66. The predicted molar refractivity (Wildman–Crippen MR) is 81.3 cm³/mol. The summed E-state index contributed by atoms with van der Waals surface area (Å²) in [5.41, 5.74) is 0.973. The lowest BCUT2D eigenvalue weighted by Gasteiger charge is -2.09. The summed E-state index contributed by atoms with van der Waals surface area (Å²) in [5.74, 6) is -1.18. The summed E-state index contributed by atoms with van der Waals surface area (Å²) in [6, 6.07) is 9.65. The van der Waals surface area contributed by atoms with E-state index in [0.717, 1.165) is 10.6 Å². The van der Waals surface area contributed by atoms with Gasteiger partial charge in [-0.05, 0) is 5.92 Å². The lowest BCUT2D eigenvalue weighted by atomic mass is 10.1. The first kappa shape index (κ1) is 15.2. The SMILES string of the molecule is CC(CNC(=O)c1cnc(-c2ccccc2)s1)CC(=O)O. The van der Waals surface area contributed by atoms with Crippen molar-refractivity contribution in [3.05, 3.63) is 41.4 Å². The van der Waals surface area contributed by atoms with E-state index in [9.17, 15) is 9.59 Å². The monoisotopic (exact) mass is 304 g/mol. The normalized spacial score (nSPS) is 11.9. The van der Waals surface area contributed by atoms with Crippen LogP contribution < -0.4 is 5.32 Å². The van der Waals surface area contributed by atoms with Crippen LogP contribution in [0.5, 0.6) is 0 Å². The Balaban J connectivity index is 1.95. The average molecular weight is 304 g/mol. The molecule has 0 saturated carbocycles. The van der Waals surface area contributed by atoms with Crippen molar-refractivity contribution in [2.45, 2.75) is 13.3 Å². The highest BCUT2D eigenvalue weighted by Crippen LogP contribution is 2.24. The zero-order valence-corrected chi connectivity index (χ0v) is 12.4. The number of aromatic nitrogens is 1. The van der Waals surface area contributed by atoms with Crippen molar-refractivity contribution in [2.75, 3.05) is 6.54 Å². The number of hydrogen-bond donors (Lipinski definition) is 2. The minimum atomic E-state index is -0.860. The number of nitrogens with zero attached hydrogens (tertiary/aromatic N) is 1. The number of hydrogen-bond acceptors (Lipinski definition) is 4. The van der Waals surface area contributed by atoms with Gasteiger partial charge in [0.2, 0.25) is 0 Å². The predicted octanol–water partition coefficient (Wildman–Crippen LogP) is 2.65. The maximum absolute atomic E-state index is 12.0. The van der Waals surface area contributed by atoms with Crippen LogP contribution in [0, 0.1) is 5.92 Å². The highest BCUT2D eigenvalue weighted by molar-refractivity contribution is 7.16. The van der Waals surface area contributed by atoms with Crippen LogP contribution in [0.3, 0.4) is 0 Å². The second-order valence-electron chi connectivity index (χ2n) is 4.81. The molecule has 0 aliphatic carbocycles. The van der Waals surface area contributed by atoms with Gasteiger partial charge in [-0.1, -0.05) is 37.3 Å². The summed E-state index contributed by atoms with van der Waals surface area (Å²) < 4.78 is 0.